The van der Waals surface area contributed by atoms with E-state index in [1.54, 1.807) is 24.3 Å². The molecule has 3 rings (SSSR count). The van der Waals surface area contributed by atoms with Gasteiger partial charge >= 0.3 is 0 Å². The first-order valence-corrected chi connectivity index (χ1v) is 8.14. The van der Waals surface area contributed by atoms with Crippen molar-refractivity contribution in [1.29, 1.82) is 0 Å². The molecular weight excluding hydrogens is 344 g/mol. The Hall–Kier alpha value is -2.59. The van der Waals surface area contributed by atoms with E-state index in [1.807, 2.05) is 24.3 Å². The van der Waals surface area contributed by atoms with Crippen LogP contribution in [0.5, 0.6) is 5.75 Å². The fourth-order valence-corrected chi connectivity index (χ4v) is 2.52. The minimum atomic E-state index is -0.382. The minimum Gasteiger partial charge on any atom is -0.489 e. The minimum absolute atomic E-state index is 0.0681. The Bertz CT molecular complexity index is 815. The van der Waals surface area contributed by atoms with Gasteiger partial charge in [0, 0.05) is 17.8 Å². The van der Waals surface area contributed by atoms with Crippen molar-refractivity contribution in [2.45, 2.75) is 13.2 Å². The normalized spacial score (nSPS) is 10.5. The van der Waals surface area contributed by atoms with Crippen molar-refractivity contribution in [3.63, 3.8) is 0 Å². The van der Waals surface area contributed by atoms with E-state index in [-0.39, 0.29) is 18.2 Å². The zero-order valence-corrected chi connectivity index (χ0v) is 14.1. The summed E-state index contributed by atoms with van der Waals surface area (Å²) >= 11 is 5.98. The van der Waals surface area contributed by atoms with Gasteiger partial charge in [0.15, 0.2) is 0 Å². The van der Waals surface area contributed by atoms with E-state index < -0.39 is 0 Å². The van der Waals surface area contributed by atoms with Crippen molar-refractivity contribution < 1.29 is 13.5 Å². The molecule has 0 unspecified atom stereocenters. The Morgan fingerprint density at radius 1 is 0.880 bits per heavy atom. The summed E-state index contributed by atoms with van der Waals surface area (Å²) in [4.78, 5) is 0. The van der Waals surface area contributed by atoms with Gasteiger partial charge in [0.25, 0.3) is 0 Å². The van der Waals surface area contributed by atoms with Gasteiger partial charge in [-0.1, -0.05) is 29.8 Å². The van der Waals surface area contributed by atoms with Gasteiger partial charge in [-0.2, -0.15) is 0 Å². The molecule has 1 N–H and O–H groups in total. The summed E-state index contributed by atoms with van der Waals surface area (Å²) in [7, 11) is 0. The van der Waals surface area contributed by atoms with Crippen LogP contribution in [0.15, 0.2) is 66.7 Å². The van der Waals surface area contributed by atoms with Crippen molar-refractivity contribution in [3.8, 4) is 5.75 Å². The topological polar surface area (TPSA) is 21.3 Å². The second-order valence-electron chi connectivity index (χ2n) is 5.49. The summed E-state index contributed by atoms with van der Waals surface area (Å²) in [5.41, 5.74) is 2.22. The summed E-state index contributed by atoms with van der Waals surface area (Å²) in [5.74, 6) is -0.0144. The smallest absolute Gasteiger partial charge is 0.131 e. The molecule has 0 saturated carbocycles. The number of rotatable bonds is 6. The van der Waals surface area contributed by atoms with Crippen LogP contribution in [0, 0.1) is 11.6 Å². The largest absolute Gasteiger partial charge is 0.489 e. The molecule has 0 saturated heterocycles. The van der Waals surface area contributed by atoms with Gasteiger partial charge in [-0.15, -0.1) is 0 Å². The highest BCUT2D eigenvalue weighted by Gasteiger charge is 2.07. The molecule has 0 radical (unpaired) electrons. The van der Waals surface area contributed by atoms with Crippen molar-refractivity contribution in [2.75, 3.05) is 5.32 Å². The van der Waals surface area contributed by atoms with Gasteiger partial charge in [-0.05, 0) is 54.1 Å². The zero-order valence-electron chi connectivity index (χ0n) is 13.3. The Balaban J connectivity index is 1.56. The van der Waals surface area contributed by atoms with Crippen molar-refractivity contribution in [1.82, 2.24) is 0 Å². The molecular formula is C20H16ClF2NO. The molecule has 2 nitrogen and oxygen atoms in total. The first kappa shape index (κ1) is 17.2. The Kier molecular flexibility index (Phi) is 5.51. The van der Waals surface area contributed by atoms with Crippen molar-refractivity contribution in [2.24, 2.45) is 0 Å². The average Bonchev–Trinajstić information content (AvgIpc) is 2.62. The molecule has 128 valence electrons. The van der Waals surface area contributed by atoms with Crippen LogP contribution in [-0.2, 0) is 13.2 Å². The lowest BCUT2D eigenvalue weighted by Crippen LogP contribution is -2.01. The number of hydrogen-bond acceptors (Lipinski definition) is 2. The molecule has 0 aromatic heterocycles. The van der Waals surface area contributed by atoms with E-state index >= 15 is 0 Å². The molecule has 3 aromatic rings. The SMILES string of the molecule is Fc1ccc(NCc2ccc(OCc3c(F)cccc3Cl)cc2)cc1. The number of ether oxygens (including phenoxy) is 1. The Labute approximate surface area is 150 Å². The number of benzene rings is 3. The van der Waals surface area contributed by atoms with Crippen LogP contribution < -0.4 is 10.1 Å². The van der Waals surface area contributed by atoms with Crippen LogP contribution in [0.1, 0.15) is 11.1 Å². The molecule has 0 spiro atoms. The van der Waals surface area contributed by atoms with Gasteiger partial charge in [0.05, 0.1) is 5.02 Å². The maximum absolute atomic E-state index is 13.7. The third kappa shape index (κ3) is 4.70. The molecule has 25 heavy (non-hydrogen) atoms. The molecule has 0 aliphatic carbocycles. The molecule has 0 aliphatic rings. The second kappa shape index (κ2) is 7.99. The fourth-order valence-electron chi connectivity index (χ4n) is 2.30. The maximum atomic E-state index is 13.7. The van der Waals surface area contributed by atoms with Crippen molar-refractivity contribution >= 4 is 17.3 Å². The van der Waals surface area contributed by atoms with Gasteiger partial charge in [0.1, 0.15) is 24.0 Å². The van der Waals surface area contributed by atoms with Crippen LogP contribution in [0.3, 0.4) is 0 Å². The molecule has 0 atom stereocenters. The second-order valence-corrected chi connectivity index (χ2v) is 5.90. The van der Waals surface area contributed by atoms with E-state index in [4.69, 9.17) is 16.3 Å². The first-order valence-electron chi connectivity index (χ1n) is 7.76. The number of anilines is 1. The van der Waals surface area contributed by atoms with Gasteiger partial charge < -0.3 is 10.1 Å². The molecule has 0 amide bonds. The van der Waals surface area contributed by atoms with Crippen LogP contribution >= 0.6 is 11.6 Å². The number of hydrogen-bond donors (Lipinski definition) is 1. The number of halogens is 3. The van der Waals surface area contributed by atoms with Gasteiger partial charge in [0.2, 0.25) is 0 Å². The number of nitrogens with one attached hydrogen (secondary N) is 1. The quantitative estimate of drug-likeness (QED) is 0.599. The molecule has 0 fully saturated rings. The summed E-state index contributed by atoms with van der Waals surface area (Å²) < 4.78 is 32.2. The average molecular weight is 360 g/mol. The van der Waals surface area contributed by atoms with Gasteiger partial charge in [-0.3, -0.25) is 0 Å². The highest BCUT2D eigenvalue weighted by molar-refractivity contribution is 6.31. The van der Waals surface area contributed by atoms with Crippen LogP contribution in [0.4, 0.5) is 14.5 Å². The highest BCUT2D eigenvalue weighted by Crippen LogP contribution is 2.22. The summed E-state index contributed by atoms with van der Waals surface area (Å²) in [6, 6.07) is 18.2. The lowest BCUT2D eigenvalue weighted by Gasteiger charge is -2.10. The maximum Gasteiger partial charge on any atom is 0.131 e. The predicted octanol–water partition coefficient (Wildman–Crippen LogP) is 5.81. The molecule has 5 heteroatoms. The third-order valence-corrected chi connectivity index (χ3v) is 4.06. The first-order chi connectivity index (χ1) is 12.1. The zero-order chi connectivity index (χ0) is 17.6. The van der Waals surface area contributed by atoms with Crippen LogP contribution in [0.25, 0.3) is 0 Å². The fraction of sp³-hybridized carbons (Fsp3) is 0.100. The molecule has 3 aromatic carbocycles. The highest BCUT2D eigenvalue weighted by atomic mass is 35.5. The third-order valence-electron chi connectivity index (χ3n) is 3.71. The van der Waals surface area contributed by atoms with E-state index in [0.29, 0.717) is 22.9 Å². The van der Waals surface area contributed by atoms with E-state index in [1.165, 1.54) is 18.2 Å². The monoisotopic (exact) mass is 359 g/mol. The molecule has 0 heterocycles. The lowest BCUT2D eigenvalue weighted by molar-refractivity contribution is 0.300. The van der Waals surface area contributed by atoms with Gasteiger partial charge in [-0.25, -0.2) is 8.78 Å². The molecule has 0 aliphatic heterocycles. The Morgan fingerprint density at radius 2 is 1.60 bits per heavy atom. The summed E-state index contributed by atoms with van der Waals surface area (Å²) in [6.45, 7) is 0.670. The summed E-state index contributed by atoms with van der Waals surface area (Å²) in [5, 5.41) is 3.55. The van der Waals surface area contributed by atoms with E-state index in [0.717, 1.165) is 11.3 Å². The van der Waals surface area contributed by atoms with E-state index in [9.17, 15) is 8.78 Å². The predicted molar refractivity (Wildman–Crippen MR) is 95.9 cm³/mol. The standard InChI is InChI=1S/C20H16ClF2NO/c21-19-2-1-3-20(23)18(19)13-25-17-10-4-14(5-11-17)12-24-16-8-6-15(22)7-9-16/h1-11,24H,12-13H2. The lowest BCUT2D eigenvalue weighted by atomic mass is 10.2. The van der Waals surface area contributed by atoms with E-state index in [2.05, 4.69) is 5.32 Å². The van der Waals surface area contributed by atoms with Crippen molar-refractivity contribution in [3.05, 3.63) is 94.5 Å². The molecule has 0 bridgehead atoms. The summed E-state index contributed by atoms with van der Waals surface area (Å²) in [6.07, 6.45) is 0. The Morgan fingerprint density at radius 3 is 2.28 bits per heavy atom. The van der Waals surface area contributed by atoms with Crippen LogP contribution in [0.2, 0.25) is 5.02 Å². The van der Waals surface area contributed by atoms with Crippen LogP contribution in [-0.4, -0.2) is 0 Å².